The lowest BCUT2D eigenvalue weighted by Crippen LogP contribution is -2.24. The van der Waals surface area contributed by atoms with Crippen LogP contribution in [0.5, 0.6) is 0 Å². The van der Waals surface area contributed by atoms with Crippen molar-refractivity contribution in [2.24, 2.45) is 5.92 Å². The van der Waals surface area contributed by atoms with Gasteiger partial charge in [0, 0.05) is 47.9 Å². The SMILES string of the molecule is [2H]C([2H])([2H])NC(=O)c1nnc(NC(=O)C2CC2)cc1Nc1cccc2c1N(C)C([2H])([2H])c1ccc(C)nc1-2. The summed E-state index contributed by atoms with van der Waals surface area (Å²) >= 11 is 0. The molecule has 2 aliphatic rings. The van der Waals surface area contributed by atoms with Crippen LogP contribution in [0.3, 0.4) is 0 Å². The molecule has 3 aromatic rings. The first kappa shape index (κ1) is 15.7. The average molecular weight is 449 g/mol. The van der Waals surface area contributed by atoms with E-state index in [4.69, 9.17) is 6.85 Å². The van der Waals surface area contributed by atoms with E-state index in [0.717, 1.165) is 18.5 Å². The maximum absolute atomic E-state index is 12.8. The van der Waals surface area contributed by atoms with E-state index in [2.05, 4.69) is 25.8 Å². The summed E-state index contributed by atoms with van der Waals surface area (Å²) in [5, 5.41) is 15.5. The van der Waals surface area contributed by atoms with Gasteiger partial charge in [-0.2, -0.15) is 0 Å². The van der Waals surface area contributed by atoms with Crippen molar-refractivity contribution in [2.45, 2.75) is 26.3 Å². The Balaban J connectivity index is 1.60. The molecular formula is C24H25N7O2. The summed E-state index contributed by atoms with van der Waals surface area (Å²) in [5.74, 6) is -1.21. The second-order valence-corrected chi connectivity index (χ2v) is 8.06. The van der Waals surface area contributed by atoms with Crippen molar-refractivity contribution in [1.29, 1.82) is 0 Å². The Bertz CT molecular complexity index is 1460. The number of hydrogen-bond donors (Lipinski definition) is 3. The fourth-order valence-corrected chi connectivity index (χ4v) is 3.78. The highest BCUT2D eigenvalue weighted by atomic mass is 16.2. The highest BCUT2D eigenvalue weighted by molar-refractivity contribution is 6.01. The predicted molar refractivity (Wildman–Crippen MR) is 127 cm³/mol. The molecule has 1 aliphatic heterocycles. The van der Waals surface area contributed by atoms with Crippen LogP contribution in [0.4, 0.5) is 22.9 Å². The van der Waals surface area contributed by atoms with E-state index >= 15 is 0 Å². The number of pyridine rings is 1. The molecule has 9 nitrogen and oxygen atoms in total. The van der Waals surface area contributed by atoms with Crippen molar-refractivity contribution in [3.05, 3.63) is 53.3 Å². The first-order chi connectivity index (χ1) is 17.8. The van der Waals surface area contributed by atoms with E-state index in [1.807, 2.05) is 18.3 Å². The van der Waals surface area contributed by atoms with Gasteiger partial charge in [0.1, 0.15) is 0 Å². The highest BCUT2D eigenvalue weighted by Gasteiger charge is 2.30. The molecule has 3 heterocycles. The third-order valence-corrected chi connectivity index (χ3v) is 5.54. The molecule has 1 aliphatic carbocycles. The zero-order valence-corrected chi connectivity index (χ0v) is 18.1. The first-order valence-electron chi connectivity index (χ1n) is 13.0. The van der Waals surface area contributed by atoms with E-state index in [9.17, 15) is 9.59 Å². The molecule has 0 saturated heterocycles. The normalized spacial score (nSPS) is 18.4. The fourth-order valence-electron chi connectivity index (χ4n) is 3.78. The van der Waals surface area contributed by atoms with Crippen molar-refractivity contribution in [2.75, 3.05) is 29.6 Å². The van der Waals surface area contributed by atoms with Crippen LogP contribution in [0.25, 0.3) is 11.3 Å². The maximum Gasteiger partial charge on any atom is 0.273 e. The minimum atomic E-state index is -2.76. The number of carbonyl (C=O) groups excluding carboxylic acids is 2. The van der Waals surface area contributed by atoms with Crippen molar-refractivity contribution < 1.29 is 16.4 Å². The van der Waals surface area contributed by atoms with Gasteiger partial charge in [0.2, 0.25) is 5.91 Å². The molecule has 168 valence electrons. The molecule has 0 bridgehead atoms. The molecule has 0 unspecified atom stereocenters. The third-order valence-electron chi connectivity index (χ3n) is 5.54. The Morgan fingerprint density at radius 2 is 2.03 bits per heavy atom. The van der Waals surface area contributed by atoms with Gasteiger partial charge < -0.3 is 20.9 Å². The summed E-state index contributed by atoms with van der Waals surface area (Å²) < 4.78 is 39.8. The van der Waals surface area contributed by atoms with Gasteiger partial charge in [0.05, 0.1) is 25.5 Å². The third kappa shape index (κ3) is 3.97. The van der Waals surface area contributed by atoms with Gasteiger partial charge in [0.25, 0.3) is 5.91 Å². The summed E-state index contributed by atoms with van der Waals surface area (Å²) in [4.78, 5) is 31.2. The number of hydrogen-bond acceptors (Lipinski definition) is 7. The van der Waals surface area contributed by atoms with E-state index in [-0.39, 0.29) is 29.0 Å². The van der Waals surface area contributed by atoms with Crippen LogP contribution in [0.2, 0.25) is 0 Å². The van der Waals surface area contributed by atoms with Crippen molar-refractivity contribution in [3.63, 3.8) is 0 Å². The summed E-state index contributed by atoms with van der Waals surface area (Å²) in [6, 6.07) is 10.2. The van der Waals surface area contributed by atoms with E-state index in [0.29, 0.717) is 28.2 Å². The molecular weight excluding hydrogens is 418 g/mol. The molecule has 3 N–H and O–H groups in total. The fraction of sp³-hybridized carbons (Fsp3) is 0.292. The zero-order chi connectivity index (χ0) is 27.4. The molecule has 33 heavy (non-hydrogen) atoms. The Hall–Kier alpha value is -4.01. The number of rotatable bonds is 5. The van der Waals surface area contributed by atoms with E-state index in [1.54, 1.807) is 31.3 Å². The molecule has 2 amide bonds. The zero-order valence-electron chi connectivity index (χ0n) is 23.1. The van der Waals surface area contributed by atoms with Crippen LogP contribution >= 0.6 is 0 Å². The smallest absolute Gasteiger partial charge is 0.273 e. The molecule has 0 spiro atoms. The van der Waals surface area contributed by atoms with Crippen LogP contribution in [-0.4, -0.2) is 41.0 Å². The highest BCUT2D eigenvalue weighted by Crippen LogP contribution is 2.43. The Kier molecular flexibility index (Phi) is 3.89. The average Bonchev–Trinajstić information content (AvgIpc) is 3.67. The Labute approximate surface area is 198 Å². The number of amides is 2. The molecule has 5 rings (SSSR count). The van der Waals surface area contributed by atoms with Gasteiger partial charge >= 0.3 is 0 Å². The largest absolute Gasteiger partial charge is 0.368 e. The van der Waals surface area contributed by atoms with E-state index < -0.39 is 19.4 Å². The lowest BCUT2D eigenvalue weighted by atomic mass is 9.97. The number of nitrogens with one attached hydrogen (secondary N) is 3. The molecule has 0 radical (unpaired) electrons. The molecule has 1 fully saturated rings. The van der Waals surface area contributed by atoms with Crippen LogP contribution in [-0.2, 0) is 11.3 Å². The lowest BCUT2D eigenvalue weighted by Gasteiger charge is -2.31. The minimum absolute atomic E-state index is 0.0817. The first-order valence-corrected chi connectivity index (χ1v) is 10.5. The maximum atomic E-state index is 12.8. The van der Waals surface area contributed by atoms with Gasteiger partial charge in [-0.05, 0) is 37.5 Å². The molecule has 2 aromatic heterocycles. The van der Waals surface area contributed by atoms with Crippen LogP contribution in [0.15, 0.2) is 36.4 Å². The number of anilines is 4. The van der Waals surface area contributed by atoms with E-state index in [1.165, 1.54) is 11.0 Å². The molecule has 1 saturated carbocycles. The van der Waals surface area contributed by atoms with Gasteiger partial charge in [-0.1, -0.05) is 18.2 Å². The van der Waals surface area contributed by atoms with Gasteiger partial charge in [-0.3, -0.25) is 14.6 Å². The standard InChI is InChI=1S/C24H25N7O2/c1-13-7-8-15-12-31(3)22-16(20(15)26-13)5-4-6-17(22)27-18-11-19(28-23(32)14-9-10-14)29-30-21(18)24(33)25-2/h4-8,11,14H,9-10,12H2,1-3H3,(H,25,33)(H2,27,28,29,32)/i2D3,12D2. The number of nitrogens with zero attached hydrogens (tertiary/aromatic N) is 4. The topological polar surface area (TPSA) is 112 Å². The Morgan fingerprint density at radius 1 is 1.18 bits per heavy atom. The second kappa shape index (κ2) is 8.16. The number of para-hydroxylation sites is 1. The number of fused-ring (bicyclic) bond motifs is 3. The number of carbonyl (C=O) groups is 2. The van der Waals surface area contributed by atoms with Crippen molar-refractivity contribution in [1.82, 2.24) is 20.5 Å². The lowest BCUT2D eigenvalue weighted by molar-refractivity contribution is -0.117. The summed E-state index contributed by atoms with van der Waals surface area (Å²) in [6.07, 6.45) is 1.56. The van der Waals surface area contributed by atoms with Crippen molar-refractivity contribution in [3.8, 4) is 11.3 Å². The summed E-state index contributed by atoms with van der Waals surface area (Å²) in [7, 11) is 1.61. The van der Waals surface area contributed by atoms with Gasteiger partial charge in [0.15, 0.2) is 11.5 Å². The Morgan fingerprint density at radius 3 is 2.82 bits per heavy atom. The van der Waals surface area contributed by atoms with Gasteiger partial charge in [-0.25, -0.2) is 0 Å². The number of aryl methyl sites for hydroxylation is 1. The van der Waals surface area contributed by atoms with Crippen LogP contribution in [0.1, 0.15) is 41.4 Å². The minimum Gasteiger partial charge on any atom is -0.368 e. The van der Waals surface area contributed by atoms with Crippen molar-refractivity contribution >= 4 is 34.7 Å². The molecule has 0 atom stereocenters. The summed E-state index contributed by atoms with van der Waals surface area (Å²) in [5.41, 5.74) is 2.98. The molecule has 1 aromatic carbocycles. The predicted octanol–water partition coefficient (Wildman–Crippen LogP) is 3.25. The second-order valence-electron chi connectivity index (χ2n) is 8.06. The van der Waals surface area contributed by atoms with Crippen LogP contribution in [0, 0.1) is 12.8 Å². The monoisotopic (exact) mass is 448 g/mol. The number of aromatic nitrogens is 3. The molecule has 9 heteroatoms. The number of benzene rings is 1. The van der Waals surface area contributed by atoms with Crippen LogP contribution < -0.4 is 20.9 Å². The van der Waals surface area contributed by atoms with Gasteiger partial charge in [-0.15, -0.1) is 10.2 Å². The quantitative estimate of drug-likeness (QED) is 0.549. The summed E-state index contributed by atoms with van der Waals surface area (Å²) in [6.45, 7) is -2.83.